The molecule has 0 saturated carbocycles. The van der Waals surface area contributed by atoms with E-state index in [9.17, 15) is 18.0 Å². The monoisotopic (exact) mass is 304 g/mol. The molecule has 21 heavy (non-hydrogen) atoms. The van der Waals surface area contributed by atoms with Gasteiger partial charge in [0.05, 0.1) is 5.56 Å². The van der Waals surface area contributed by atoms with Crippen LogP contribution >= 0.6 is 0 Å². The fourth-order valence-electron chi connectivity index (χ4n) is 1.82. The van der Waals surface area contributed by atoms with Crippen molar-refractivity contribution in [3.63, 3.8) is 0 Å². The van der Waals surface area contributed by atoms with Gasteiger partial charge in [-0.05, 0) is 18.6 Å². The molecule has 1 atom stereocenters. The molecule has 1 heterocycles. The Kier molecular flexibility index (Phi) is 5.95. The van der Waals surface area contributed by atoms with Crippen LogP contribution in [0.3, 0.4) is 0 Å². The minimum absolute atomic E-state index is 0.0852. The number of amides is 1. The lowest BCUT2D eigenvalue weighted by Crippen LogP contribution is -2.31. The zero-order chi connectivity index (χ0) is 16.0. The Balaban J connectivity index is 3.08. The number of alkyl halides is 3. The normalized spacial score (nSPS) is 13.0. The summed E-state index contributed by atoms with van der Waals surface area (Å²) < 4.78 is 38.1. The molecule has 118 valence electrons. The number of nitrogens with one attached hydrogen (secondary N) is 1. The summed E-state index contributed by atoms with van der Waals surface area (Å²) in [6.07, 6.45) is -2.13. The molecule has 0 radical (unpaired) electrons. The molecule has 0 spiro atoms. The lowest BCUT2D eigenvalue weighted by atomic mass is 10.1. The highest BCUT2D eigenvalue weighted by Crippen LogP contribution is 2.29. The van der Waals surface area contributed by atoms with Gasteiger partial charge in [0.1, 0.15) is 11.5 Å². The zero-order valence-electron chi connectivity index (χ0n) is 11.7. The Hall–Kier alpha value is -1.83. The van der Waals surface area contributed by atoms with Crippen LogP contribution in [0, 0.1) is 0 Å². The molecule has 1 amide bonds. The number of hydrogen-bond acceptors (Lipinski definition) is 4. The highest BCUT2D eigenvalue weighted by atomic mass is 19.4. The molecule has 0 bridgehead atoms. The number of pyridine rings is 1. The molecule has 1 aromatic rings. The molecular weight excluding hydrogens is 285 g/mol. The van der Waals surface area contributed by atoms with Crippen molar-refractivity contribution < 1.29 is 18.0 Å². The largest absolute Gasteiger partial charge is 0.433 e. The van der Waals surface area contributed by atoms with Crippen molar-refractivity contribution in [2.45, 2.75) is 38.4 Å². The predicted octanol–water partition coefficient (Wildman–Crippen LogP) is 2.13. The summed E-state index contributed by atoms with van der Waals surface area (Å²) in [4.78, 5) is 14.8. The van der Waals surface area contributed by atoms with Gasteiger partial charge in [0.15, 0.2) is 0 Å². The second-order valence-corrected chi connectivity index (χ2v) is 4.67. The minimum Gasteiger partial charge on any atom is -0.365 e. The van der Waals surface area contributed by atoms with Crippen LogP contribution in [0.25, 0.3) is 0 Å². The van der Waals surface area contributed by atoms with E-state index in [0.717, 1.165) is 25.0 Å². The van der Waals surface area contributed by atoms with Gasteiger partial charge in [-0.15, -0.1) is 0 Å². The Labute approximate surface area is 120 Å². The second kappa shape index (κ2) is 7.26. The van der Waals surface area contributed by atoms with Crippen molar-refractivity contribution in [2.75, 3.05) is 11.9 Å². The molecule has 1 rings (SSSR count). The van der Waals surface area contributed by atoms with Crippen molar-refractivity contribution in [3.8, 4) is 0 Å². The average molecular weight is 304 g/mol. The first kappa shape index (κ1) is 17.2. The van der Waals surface area contributed by atoms with Crippen LogP contribution in [-0.4, -0.2) is 23.5 Å². The molecule has 5 nitrogen and oxygen atoms in total. The van der Waals surface area contributed by atoms with Crippen LogP contribution in [-0.2, 0) is 6.18 Å². The number of hydrogen-bond donors (Lipinski definition) is 3. The molecule has 0 saturated heterocycles. The number of nitrogens with two attached hydrogens (primary N) is 2. The van der Waals surface area contributed by atoms with E-state index in [4.69, 9.17) is 11.5 Å². The maximum atomic E-state index is 12.7. The standard InChI is InChI=1S/C13H19F3N4O/c1-2-3-4-8(7-17)19-12-9(11(18)21)5-6-10(20-12)13(14,15)16/h5-6,8H,2-4,7,17H2,1H3,(H2,18,21)(H,19,20). The van der Waals surface area contributed by atoms with Gasteiger partial charge in [0, 0.05) is 12.6 Å². The molecular formula is C13H19F3N4O. The van der Waals surface area contributed by atoms with Gasteiger partial charge in [0.25, 0.3) is 5.91 Å². The summed E-state index contributed by atoms with van der Waals surface area (Å²) in [7, 11) is 0. The lowest BCUT2D eigenvalue weighted by Gasteiger charge is -2.19. The van der Waals surface area contributed by atoms with Crippen molar-refractivity contribution in [1.29, 1.82) is 0 Å². The first-order valence-electron chi connectivity index (χ1n) is 6.64. The Bertz CT molecular complexity index is 491. The molecule has 0 aromatic carbocycles. The van der Waals surface area contributed by atoms with Gasteiger partial charge in [-0.1, -0.05) is 19.8 Å². The highest BCUT2D eigenvalue weighted by Gasteiger charge is 2.33. The summed E-state index contributed by atoms with van der Waals surface area (Å²) in [5.74, 6) is -1.02. The Morgan fingerprint density at radius 2 is 2.10 bits per heavy atom. The molecule has 0 aliphatic heterocycles. The number of nitrogens with zero attached hydrogens (tertiary/aromatic N) is 1. The van der Waals surface area contributed by atoms with Crippen LogP contribution < -0.4 is 16.8 Å². The fraction of sp³-hybridized carbons (Fsp3) is 0.538. The molecule has 5 N–H and O–H groups in total. The van der Waals surface area contributed by atoms with Gasteiger partial charge in [-0.3, -0.25) is 4.79 Å². The number of rotatable bonds is 7. The van der Waals surface area contributed by atoms with Crippen LogP contribution in [0.15, 0.2) is 12.1 Å². The number of unbranched alkanes of at least 4 members (excludes halogenated alkanes) is 1. The number of aromatic nitrogens is 1. The molecule has 1 aromatic heterocycles. The van der Waals surface area contributed by atoms with Gasteiger partial charge < -0.3 is 16.8 Å². The van der Waals surface area contributed by atoms with Crippen molar-refractivity contribution in [3.05, 3.63) is 23.4 Å². The third-order valence-corrected chi connectivity index (χ3v) is 2.98. The van der Waals surface area contributed by atoms with E-state index < -0.39 is 17.8 Å². The van der Waals surface area contributed by atoms with E-state index in [1.807, 2.05) is 6.92 Å². The number of carbonyl (C=O) groups excluding carboxylic acids is 1. The second-order valence-electron chi connectivity index (χ2n) is 4.67. The van der Waals surface area contributed by atoms with E-state index in [1.54, 1.807) is 0 Å². The van der Waals surface area contributed by atoms with Gasteiger partial charge in [-0.25, -0.2) is 4.98 Å². The first-order chi connectivity index (χ1) is 9.79. The number of primary amides is 1. The summed E-state index contributed by atoms with van der Waals surface area (Å²) in [6, 6.07) is 1.49. The summed E-state index contributed by atoms with van der Waals surface area (Å²) in [6.45, 7) is 2.21. The fourth-order valence-corrected chi connectivity index (χ4v) is 1.82. The van der Waals surface area contributed by atoms with E-state index in [-0.39, 0.29) is 24.0 Å². The molecule has 0 aliphatic carbocycles. The third kappa shape index (κ3) is 4.89. The smallest absolute Gasteiger partial charge is 0.365 e. The van der Waals surface area contributed by atoms with E-state index in [2.05, 4.69) is 10.3 Å². The molecule has 0 aliphatic rings. The number of carbonyl (C=O) groups is 1. The first-order valence-corrected chi connectivity index (χ1v) is 6.64. The van der Waals surface area contributed by atoms with Gasteiger partial charge in [-0.2, -0.15) is 13.2 Å². The summed E-state index contributed by atoms with van der Waals surface area (Å²) >= 11 is 0. The third-order valence-electron chi connectivity index (χ3n) is 2.98. The maximum absolute atomic E-state index is 12.7. The van der Waals surface area contributed by atoms with E-state index in [1.165, 1.54) is 0 Å². The van der Waals surface area contributed by atoms with Gasteiger partial charge >= 0.3 is 6.18 Å². The Morgan fingerprint density at radius 1 is 1.43 bits per heavy atom. The van der Waals surface area contributed by atoms with E-state index >= 15 is 0 Å². The van der Waals surface area contributed by atoms with Crippen LogP contribution in [0.5, 0.6) is 0 Å². The summed E-state index contributed by atoms with van der Waals surface area (Å²) in [5, 5.41) is 2.79. The zero-order valence-corrected chi connectivity index (χ0v) is 11.7. The predicted molar refractivity (Wildman–Crippen MR) is 73.7 cm³/mol. The topological polar surface area (TPSA) is 94.0 Å². The maximum Gasteiger partial charge on any atom is 0.433 e. The Morgan fingerprint density at radius 3 is 2.57 bits per heavy atom. The average Bonchev–Trinajstić information content (AvgIpc) is 2.41. The molecule has 8 heteroatoms. The van der Waals surface area contributed by atoms with Crippen molar-refractivity contribution in [2.24, 2.45) is 11.5 Å². The molecule has 1 unspecified atom stereocenters. The van der Waals surface area contributed by atoms with Crippen molar-refractivity contribution in [1.82, 2.24) is 4.98 Å². The number of anilines is 1. The SMILES string of the molecule is CCCCC(CN)Nc1nc(C(F)(F)F)ccc1C(N)=O. The van der Waals surface area contributed by atoms with Crippen LogP contribution in [0.1, 0.15) is 42.2 Å². The number of halogens is 3. The highest BCUT2D eigenvalue weighted by molar-refractivity contribution is 5.97. The lowest BCUT2D eigenvalue weighted by molar-refractivity contribution is -0.141. The quantitative estimate of drug-likeness (QED) is 0.719. The van der Waals surface area contributed by atoms with Gasteiger partial charge in [0.2, 0.25) is 0 Å². The molecule has 0 fully saturated rings. The summed E-state index contributed by atoms with van der Waals surface area (Å²) in [5.41, 5.74) is 9.57. The van der Waals surface area contributed by atoms with Crippen LogP contribution in [0.2, 0.25) is 0 Å². The van der Waals surface area contributed by atoms with Crippen LogP contribution in [0.4, 0.5) is 19.0 Å². The van der Waals surface area contributed by atoms with E-state index in [0.29, 0.717) is 6.42 Å². The minimum atomic E-state index is -4.59. The van der Waals surface area contributed by atoms with Crippen molar-refractivity contribution >= 4 is 11.7 Å².